The van der Waals surface area contributed by atoms with Crippen molar-refractivity contribution in [3.8, 4) is 0 Å². The van der Waals surface area contributed by atoms with E-state index >= 15 is 0 Å². The first-order chi connectivity index (χ1) is 14.1. The Bertz CT molecular complexity index is 763. The third-order valence-corrected chi connectivity index (χ3v) is 6.02. The molecule has 156 valence electrons. The summed E-state index contributed by atoms with van der Waals surface area (Å²) in [6, 6.07) is 7.73. The first-order valence-electron chi connectivity index (χ1n) is 10.6. The monoisotopic (exact) mass is 399 g/mol. The fourth-order valence-corrected chi connectivity index (χ4v) is 4.31. The zero-order valence-electron chi connectivity index (χ0n) is 16.8. The van der Waals surface area contributed by atoms with Crippen LogP contribution in [0.15, 0.2) is 24.3 Å². The number of hydrogen-bond donors (Lipinski definition) is 1. The fourth-order valence-electron chi connectivity index (χ4n) is 4.31. The number of likely N-dealkylation sites (tertiary alicyclic amines) is 1. The minimum absolute atomic E-state index is 0.158. The zero-order valence-corrected chi connectivity index (χ0v) is 16.8. The van der Waals surface area contributed by atoms with Gasteiger partial charge in [-0.05, 0) is 37.8 Å². The van der Waals surface area contributed by atoms with Crippen LogP contribution in [0, 0.1) is 0 Å². The molecule has 8 nitrogen and oxygen atoms in total. The molecule has 4 amide bonds. The Morgan fingerprint density at radius 1 is 0.655 bits per heavy atom. The van der Waals surface area contributed by atoms with Crippen LogP contribution in [0.2, 0.25) is 0 Å². The van der Waals surface area contributed by atoms with Crippen molar-refractivity contribution in [2.45, 2.75) is 25.7 Å². The number of amides is 4. The average molecular weight is 399 g/mol. The predicted octanol–water partition coefficient (Wildman–Crippen LogP) is 1.59. The number of hydrogen-bond acceptors (Lipinski definition) is 4. The number of urea groups is 1. The van der Waals surface area contributed by atoms with E-state index in [0.29, 0.717) is 39.3 Å². The van der Waals surface area contributed by atoms with Gasteiger partial charge in [-0.3, -0.25) is 9.59 Å². The lowest BCUT2D eigenvalue weighted by Gasteiger charge is -2.35. The molecule has 0 unspecified atom stereocenters. The van der Waals surface area contributed by atoms with Crippen molar-refractivity contribution in [2.75, 3.05) is 62.6 Å². The van der Waals surface area contributed by atoms with E-state index in [2.05, 4.69) is 10.2 Å². The van der Waals surface area contributed by atoms with Gasteiger partial charge in [-0.1, -0.05) is 12.1 Å². The number of anilines is 2. The molecular formula is C21H29N5O3. The number of benzene rings is 1. The molecule has 0 radical (unpaired) electrons. The fraction of sp³-hybridized carbons (Fsp3) is 0.571. The predicted molar refractivity (Wildman–Crippen MR) is 111 cm³/mol. The molecule has 3 fully saturated rings. The van der Waals surface area contributed by atoms with E-state index in [1.54, 1.807) is 14.7 Å². The Balaban J connectivity index is 1.31. The van der Waals surface area contributed by atoms with Gasteiger partial charge in [-0.2, -0.15) is 0 Å². The highest BCUT2D eigenvalue weighted by atomic mass is 16.2. The van der Waals surface area contributed by atoms with Gasteiger partial charge in [0, 0.05) is 52.4 Å². The van der Waals surface area contributed by atoms with Gasteiger partial charge >= 0.3 is 17.8 Å². The zero-order chi connectivity index (χ0) is 20.2. The maximum Gasteiger partial charge on any atom is 0.322 e. The lowest BCUT2D eigenvalue weighted by Crippen LogP contribution is -2.54. The van der Waals surface area contributed by atoms with E-state index in [4.69, 9.17) is 0 Å². The van der Waals surface area contributed by atoms with E-state index in [-0.39, 0.29) is 6.03 Å². The van der Waals surface area contributed by atoms with Crippen molar-refractivity contribution in [1.29, 1.82) is 0 Å². The smallest absolute Gasteiger partial charge is 0.322 e. The van der Waals surface area contributed by atoms with Gasteiger partial charge in [0.15, 0.2) is 0 Å². The first kappa shape index (κ1) is 19.5. The van der Waals surface area contributed by atoms with E-state index in [1.165, 1.54) is 12.8 Å². The molecule has 29 heavy (non-hydrogen) atoms. The molecule has 0 bridgehead atoms. The van der Waals surface area contributed by atoms with Crippen LogP contribution in [-0.2, 0) is 9.59 Å². The van der Waals surface area contributed by atoms with E-state index in [1.807, 2.05) is 24.3 Å². The molecule has 0 aliphatic carbocycles. The van der Waals surface area contributed by atoms with Crippen LogP contribution in [0.5, 0.6) is 0 Å². The van der Waals surface area contributed by atoms with E-state index in [0.717, 1.165) is 37.3 Å². The maximum atomic E-state index is 12.8. The minimum Gasteiger partial charge on any atom is -0.370 e. The van der Waals surface area contributed by atoms with Crippen molar-refractivity contribution >= 4 is 29.2 Å². The van der Waals surface area contributed by atoms with Crippen LogP contribution in [0.4, 0.5) is 16.2 Å². The molecule has 3 aliphatic rings. The summed E-state index contributed by atoms with van der Waals surface area (Å²) in [5, 5.41) is 3.04. The van der Waals surface area contributed by atoms with Gasteiger partial charge in [0.1, 0.15) is 0 Å². The highest BCUT2D eigenvalue weighted by Gasteiger charge is 2.32. The van der Waals surface area contributed by atoms with Gasteiger partial charge in [0.05, 0.1) is 11.4 Å². The van der Waals surface area contributed by atoms with Crippen LogP contribution >= 0.6 is 0 Å². The topological polar surface area (TPSA) is 76.2 Å². The molecular weight excluding hydrogens is 370 g/mol. The third kappa shape index (κ3) is 4.31. The Hall–Kier alpha value is -2.77. The molecule has 0 saturated carbocycles. The summed E-state index contributed by atoms with van der Waals surface area (Å²) in [6.45, 7) is 5.00. The second kappa shape index (κ2) is 8.71. The summed E-state index contributed by atoms with van der Waals surface area (Å²) in [5.74, 6) is -0.841. The van der Waals surface area contributed by atoms with Crippen LogP contribution in [0.1, 0.15) is 25.7 Å². The summed E-state index contributed by atoms with van der Waals surface area (Å²) in [7, 11) is 0. The molecule has 1 N–H and O–H groups in total. The number of carbonyl (C=O) groups is 3. The number of carbonyl (C=O) groups excluding carboxylic acids is 3. The third-order valence-electron chi connectivity index (χ3n) is 6.02. The van der Waals surface area contributed by atoms with Crippen LogP contribution in [-0.4, -0.2) is 84.9 Å². The molecule has 3 aliphatic heterocycles. The Morgan fingerprint density at radius 3 is 1.83 bits per heavy atom. The molecule has 3 heterocycles. The van der Waals surface area contributed by atoms with Gasteiger partial charge in [-0.25, -0.2) is 4.79 Å². The Morgan fingerprint density at radius 2 is 1.17 bits per heavy atom. The maximum absolute atomic E-state index is 12.8. The van der Waals surface area contributed by atoms with Crippen molar-refractivity contribution < 1.29 is 14.4 Å². The standard InChI is InChI=1S/C21H29N5O3/c27-19(24-11-5-6-12-24)20(28)25-13-15-26(16-14-25)21(29)22-17-7-1-2-8-18(17)23-9-3-4-10-23/h1-2,7-8H,3-6,9-16H2,(H,22,29). The lowest BCUT2D eigenvalue weighted by molar-refractivity contribution is -0.152. The molecule has 1 aromatic rings. The van der Waals surface area contributed by atoms with Crippen LogP contribution in [0.3, 0.4) is 0 Å². The van der Waals surface area contributed by atoms with Crippen molar-refractivity contribution in [3.63, 3.8) is 0 Å². The highest BCUT2D eigenvalue weighted by molar-refractivity contribution is 6.35. The van der Waals surface area contributed by atoms with E-state index in [9.17, 15) is 14.4 Å². The number of rotatable bonds is 2. The molecule has 0 atom stereocenters. The van der Waals surface area contributed by atoms with Gasteiger partial charge < -0.3 is 24.9 Å². The summed E-state index contributed by atoms with van der Waals surface area (Å²) in [4.78, 5) is 44.8. The first-order valence-corrected chi connectivity index (χ1v) is 10.6. The second-order valence-electron chi connectivity index (χ2n) is 7.92. The summed E-state index contributed by atoms with van der Waals surface area (Å²) in [5.41, 5.74) is 1.88. The second-order valence-corrected chi connectivity index (χ2v) is 7.92. The molecule has 0 aromatic heterocycles. The molecule has 8 heteroatoms. The summed E-state index contributed by atoms with van der Waals surface area (Å²) < 4.78 is 0. The average Bonchev–Trinajstić information content (AvgIpc) is 3.47. The molecule has 4 rings (SSSR count). The number of nitrogens with one attached hydrogen (secondary N) is 1. The van der Waals surface area contributed by atoms with Crippen molar-refractivity contribution in [2.24, 2.45) is 0 Å². The quantitative estimate of drug-likeness (QED) is 0.767. The number of nitrogens with zero attached hydrogens (tertiary/aromatic N) is 4. The van der Waals surface area contributed by atoms with Crippen molar-refractivity contribution in [3.05, 3.63) is 24.3 Å². The van der Waals surface area contributed by atoms with Crippen LogP contribution in [0.25, 0.3) is 0 Å². The molecule has 0 spiro atoms. The summed E-state index contributed by atoms with van der Waals surface area (Å²) >= 11 is 0. The van der Waals surface area contributed by atoms with E-state index < -0.39 is 11.8 Å². The van der Waals surface area contributed by atoms with Crippen LogP contribution < -0.4 is 10.2 Å². The Kier molecular flexibility index (Phi) is 5.87. The van der Waals surface area contributed by atoms with Crippen molar-refractivity contribution in [1.82, 2.24) is 14.7 Å². The minimum atomic E-state index is -0.439. The normalized spacial score (nSPS) is 19.6. The molecule has 1 aromatic carbocycles. The largest absolute Gasteiger partial charge is 0.370 e. The number of para-hydroxylation sites is 2. The van der Waals surface area contributed by atoms with Gasteiger partial charge in [0.25, 0.3) is 0 Å². The SMILES string of the molecule is O=C(Nc1ccccc1N1CCCC1)N1CCN(C(=O)C(=O)N2CCCC2)CC1. The van der Waals surface area contributed by atoms with Gasteiger partial charge in [-0.15, -0.1) is 0 Å². The molecule has 3 saturated heterocycles. The van der Waals surface area contributed by atoms with Gasteiger partial charge in [0.2, 0.25) is 0 Å². The number of piperazine rings is 1. The highest BCUT2D eigenvalue weighted by Crippen LogP contribution is 2.28. The lowest BCUT2D eigenvalue weighted by atomic mass is 10.2. The summed E-state index contributed by atoms with van der Waals surface area (Å²) in [6.07, 6.45) is 4.28. The Labute approximate surface area is 171 Å².